The van der Waals surface area contributed by atoms with E-state index in [1.54, 1.807) is 4.90 Å². The summed E-state index contributed by atoms with van der Waals surface area (Å²) in [5.41, 5.74) is 5.76. The molecule has 1 aliphatic heterocycles. The van der Waals surface area contributed by atoms with Crippen molar-refractivity contribution in [1.29, 1.82) is 5.26 Å². The zero-order valence-corrected chi connectivity index (χ0v) is 8.73. The van der Waals surface area contributed by atoms with Crippen LogP contribution in [-0.4, -0.2) is 29.4 Å². The maximum atomic E-state index is 11.8. The van der Waals surface area contributed by atoms with Crippen LogP contribution < -0.4 is 5.73 Å². The fourth-order valence-electron chi connectivity index (χ4n) is 1.64. The number of likely N-dealkylation sites (tertiary alicyclic amines) is 1. The lowest BCUT2D eigenvalue weighted by Crippen LogP contribution is -2.48. The Morgan fingerprint density at radius 3 is 2.79 bits per heavy atom. The van der Waals surface area contributed by atoms with E-state index in [1.807, 2.05) is 13.8 Å². The van der Waals surface area contributed by atoms with E-state index in [0.29, 0.717) is 6.54 Å². The van der Waals surface area contributed by atoms with Gasteiger partial charge in [0.25, 0.3) is 0 Å². The predicted octanol–water partition coefficient (Wildman–Crippen LogP) is 0.484. The van der Waals surface area contributed by atoms with Gasteiger partial charge in [-0.15, -0.1) is 0 Å². The molecule has 0 radical (unpaired) electrons. The molecule has 4 heteroatoms. The molecule has 0 unspecified atom stereocenters. The summed E-state index contributed by atoms with van der Waals surface area (Å²) in [5, 5.41) is 8.82. The van der Waals surface area contributed by atoms with Gasteiger partial charge in [-0.05, 0) is 18.8 Å². The van der Waals surface area contributed by atoms with Gasteiger partial charge in [-0.2, -0.15) is 5.26 Å². The van der Waals surface area contributed by atoms with Crippen molar-refractivity contribution in [2.45, 2.75) is 38.8 Å². The molecule has 1 fully saturated rings. The average Bonchev–Trinajstić information content (AvgIpc) is 2.62. The largest absolute Gasteiger partial charge is 0.325 e. The summed E-state index contributed by atoms with van der Waals surface area (Å²) in [7, 11) is 0. The van der Waals surface area contributed by atoms with Crippen molar-refractivity contribution in [3.05, 3.63) is 0 Å². The molecule has 0 aromatic rings. The molecule has 0 aliphatic carbocycles. The lowest BCUT2D eigenvalue weighted by Gasteiger charge is -2.25. The highest BCUT2D eigenvalue weighted by Crippen LogP contribution is 2.18. The summed E-state index contributed by atoms with van der Waals surface area (Å²) in [6.07, 6.45) is 1.70. The van der Waals surface area contributed by atoms with Crippen LogP contribution in [0.2, 0.25) is 0 Å². The Bertz CT molecular complexity index is 257. The molecule has 1 amide bonds. The topological polar surface area (TPSA) is 70.1 Å². The van der Waals surface area contributed by atoms with Gasteiger partial charge in [0.2, 0.25) is 5.91 Å². The molecular weight excluding hydrogens is 178 g/mol. The Morgan fingerprint density at radius 2 is 2.29 bits per heavy atom. The van der Waals surface area contributed by atoms with Crippen LogP contribution in [0.25, 0.3) is 0 Å². The number of carbonyl (C=O) groups is 1. The van der Waals surface area contributed by atoms with E-state index in [1.165, 1.54) is 0 Å². The van der Waals surface area contributed by atoms with Gasteiger partial charge in [0.05, 0.1) is 12.1 Å². The summed E-state index contributed by atoms with van der Waals surface area (Å²) < 4.78 is 0. The van der Waals surface area contributed by atoms with E-state index in [-0.39, 0.29) is 17.9 Å². The standard InChI is InChI=1S/C10H17N3O/c1-7(2)9(12)10(14)13-5-3-4-8(13)6-11/h7-9H,3-5,12H2,1-2H3/t8-,9+/m1/s1. The van der Waals surface area contributed by atoms with E-state index >= 15 is 0 Å². The molecule has 1 saturated heterocycles. The fraction of sp³-hybridized carbons (Fsp3) is 0.800. The Labute approximate surface area is 84.7 Å². The van der Waals surface area contributed by atoms with Gasteiger partial charge in [0.1, 0.15) is 6.04 Å². The second-order valence-corrected chi connectivity index (χ2v) is 4.09. The van der Waals surface area contributed by atoms with E-state index < -0.39 is 6.04 Å². The van der Waals surface area contributed by atoms with E-state index in [4.69, 9.17) is 11.0 Å². The maximum absolute atomic E-state index is 11.8. The van der Waals surface area contributed by atoms with Gasteiger partial charge in [0.15, 0.2) is 0 Å². The van der Waals surface area contributed by atoms with Crippen LogP contribution in [0, 0.1) is 17.2 Å². The quantitative estimate of drug-likeness (QED) is 0.697. The number of hydrogen-bond donors (Lipinski definition) is 1. The molecule has 0 saturated carbocycles. The van der Waals surface area contributed by atoms with Crippen molar-refractivity contribution in [1.82, 2.24) is 4.90 Å². The number of nitrogens with two attached hydrogens (primary N) is 1. The molecule has 0 aromatic carbocycles. The van der Waals surface area contributed by atoms with Crippen LogP contribution in [0.15, 0.2) is 0 Å². The van der Waals surface area contributed by atoms with Gasteiger partial charge in [0, 0.05) is 6.54 Å². The highest BCUT2D eigenvalue weighted by molar-refractivity contribution is 5.82. The predicted molar refractivity (Wildman–Crippen MR) is 53.2 cm³/mol. The zero-order chi connectivity index (χ0) is 10.7. The van der Waals surface area contributed by atoms with Crippen LogP contribution >= 0.6 is 0 Å². The molecular formula is C10H17N3O. The number of carbonyl (C=O) groups excluding carboxylic acids is 1. The van der Waals surface area contributed by atoms with Gasteiger partial charge >= 0.3 is 0 Å². The molecule has 2 atom stereocenters. The van der Waals surface area contributed by atoms with Gasteiger partial charge in [-0.25, -0.2) is 0 Å². The minimum absolute atomic E-state index is 0.0796. The SMILES string of the molecule is CC(C)[C@H](N)C(=O)N1CCC[C@@H]1C#N. The van der Waals surface area contributed by atoms with Crippen molar-refractivity contribution >= 4 is 5.91 Å². The lowest BCUT2D eigenvalue weighted by atomic mass is 10.0. The van der Waals surface area contributed by atoms with Crippen molar-refractivity contribution in [3.8, 4) is 6.07 Å². The summed E-state index contributed by atoms with van der Waals surface area (Å²) in [5.74, 6) is 0.0477. The second-order valence-electron chi connectivity index (χ2n) is 4.09. The van der Waals surface area contributed by atoms with Crippen LogP contribution in [0.3, 0.4) is 0 Å². The third-order valence-electron chi connectivity index (χ3n) is 2.69. The number of nitriles is 1. The Balaban J connectivity index is 2.65. The molecule has 0 bridgehead atoms. The summed E-state index contributed by atoms with van der Waals surface area (Å²) in [6.45, 7) is 4.51. The van der Waals surface area contributed by atoms with E-state index in [2.05, 4.69) is 6.07 Å². The Hall–Kier alpha value is -1.08. The van der Waals surface area contributed by atoms with Crippen molar-refractivity contribution in [3.63, 3.8) is 0 Å². The lowest BCUT2D eigenvalue weighted by molar-refractivity contribution is -0.133. The maximum Gasteiger partial charge on any atom is 0.240 e. The highest BCUT2D eigenvalue weighted by Gasteiger charge is 2.32. The first-order valence-electron chi connectivity index (χ1n) is 5.03. The zero-order valence-electron chi connectivity index (χ0n) is 8.73. The van der Waals surface area contributed by atoms with Crippen molar-refractivity contribution in [2.24, 2.45) is 11.7 Å². The first kappa shape index (κ1) is 11.0. The van der Waals surface area contributed by atoms with Crippen LogP contribution in [-0.2, 0) is 4.79 Å². The first-order valence-corrected chi connectivity index (χ1v) is 5.03. The minimum Gasteiger partial charge on any atom is -0.325 e. The Morgan fingerprint density at radius 1 is 1.64 bits per heavy atom. The number of amides is 1. The molecule has 1 aliphatic rings. The number of hydrogen-bond acceptors (Lipinski definition) is 3. The van der Waals surface area contributed by atoms with E-state index in [0.717, 1.165) is 12.8 Å². The third kappa shape index (κ3) is 2.05. The van der Waals surface area contributed by atoms with Crippen molar-refractivity contribution in [2.75, 3.05) is 6.54 Å². The van der Waals surface area contributed by atoms with Crippen LogP contribution in [0.4, 0.5) is 0 Å². The van der Waals surface area contributed by atoms with Gasteiger partial charge in [-0.1, -0.05) is 13.8 Å². The van der Waals surface area contributed by atoms with E-state index in [9.17, 15) is 4.79 Å². The molecule has 14 heavy (non-hydrogen) atoms. The molecule has 2 N–H and O–H groups in total. The average molecular weight is 195 g/mol. The van der Waals surface area contributed by atoms with Crippen molar-refractivity contribution < 1.29 is 4.79 Å². The molecule has 4 nitrogen and oxygen atoms in total. The molecule has 0 spiro atoms. The highest BCUT2D eigenvalue weighted by atomic mass is 16.2. The molecule has 78 valence electrons. The minimum atomic E-state index is -0.469. The molecule has 1 heterocycles. The number of rotatable bonds is 2. The summed E-state index contributed by atoms with van der Waals surface area (Å²) >= 11 is 0. The summed E-state index contributed by atoms with van der Waals surface area (Å²) in [6, 6.07) is 1.41. The summed E-state index contributed by atoms with van der Waals surface area (Å²) in [4.78, 5) is 13.4. The fourth-order valence-corrected chi connectivity index (χ4v) is 1.64. The normalized spacial score (nSPS) is 23.6. The van der Waals surface area contributed by atoms with Crippen LogP contribution in [0.5, 0.6) is 0 Å². The molecule has 1 rings (SSSR count). The van der Waals surface area contributed by atoms with Gasteiger partial charge < -0.3 is 10.6 Å². The first-order chi connectivity index (χ1) is 6.57. The third-order valence-corrected chi connectivity index (χ3v) is 2.69. The van der Waals surface area contributed by atoms with Gasteiger partial charge in [-0.3, -0.25) is 4.79 Å². The van der Waals surface area contributed by atoms with Crippen LogP contribution in [0.1, 0.15) is 26.7 Å². The second kappa shape index (κ2) is 4.43. The monoisotopic (exact) mass is 195 g/mol. The number of nitrogens with zero attached hydrogens (tertiary/aromatic N) is 2. The smallest absolute Gasteiger partial charge is 0.240 e. The molecule has 0 aromatic heterocycles. The Kier molecular flexibility index (Phi) is 3.48.